The lowest BCUT2D eigenvalue weighted by molar-refractivity contribution is 0.0666. The average Bonchev–Trinajstić information content (AvgIpc) is 3.35. The highest BCUT2D eigenvalue weighted by molar-refractivity contribution is 7.89. The quantitative estimate of drug-likeness (QED) is 0.193. The zero-order valence-electron chi connectivity index (χ0n) is 21.8. The Morgan fingerprint density at radius 3 is 2.63 bits per heavy atom. The van der Waals surface area contributed by atoms with Crippen molar-refractivity contribution >= 4 is 45.0 Å². The lowest BCUT2D eigenvalue weighted by Gasteiger charge is -2.39. The number of carbonyl (C=O) groups is 2. The van der Waals surface area contributed by atoms with Crippen molar-refractivity contribution in [1.82, 2.24) is 35.2 Å². The number of nitrogens with two attached hydrogens (primary N) is 2. The molecule has 1 aromatic carbocycles. The number of ketones is 1. The number of nitrogen functional groups attached to an aromatic ring is 2. The van der Waals surface area contributed by atoms with Crippen molar-refractivity contribution in [3.05, 3.63) is 82.7 Å². The van der Waals surface area contributed by atoms with Crippen molar-refractivity contribution in [1.29, 1.82) is 0 Å². The molecule has 214 valence electrons. The molecule has 0 atom stereocenters. The van der Waals surface area contributed by atoms with Gasteiger partial charge in [-0.25, -0.2) is 23.1 Å². The van der Waals surface area contributed by atoms with Crippen LogP contribution in [0.15, 0.2) is 65.6 Å². The van der Waals surface area contributed by atoms with E-state index in [2.05, 4.69) is 30.3 Å². The number of hydrogen-bond donors (Lipinski definition) is 5. The van der Waals surface area contributed by atoms with Crippen LogP contribution in [-0.4, -0.2) is 65.1 Å². The van der Waals surface area contributed by atoms with E-state index in [1.807, 2.05) is 0 Å². The molecule has 7 N–H and O–H groups in total. The molecule has 0 bridgehead atoms. The Kier molecular flexibility index (Phi) is 7.80. The van der Waals surface area contributed by atoms with E-state index in [0.29, 0.717) is 38.3 Å². The van der Waals surface area contributed by atoms with Crippen LogP contribution in [0.25, 0.3) is 0 Å². The van der Waals surface area contributed by atoms with Crippen LogP contribution >= 0.6 is 11.6 Å². The number of sulfonamides is 1. The molecule has 2 aliphatic rings. The summed E-state index contributed by atoms with van der Waals surface area (Å²) in [6.07, 6.45) is 5.75. The van der Waals surface area contributed by atoms with Crippen LogP contribution in [0.1, 0.15) is 39.3 Å². The molecule has 0 saturated carbocycles. The number of allylic oxidation sites excluding steroid dienone is 1. The molecular weight excluding hydrogens is 570 g/mol. The van der Waals surface area contributed by atoms with Gasteiger partial charge in [-0.2, -0.15) is 0 Å². The molecule has 2 fully saturated rings. The zero-order chi connectivity index (χ0) is 29.2. The monoisotopic (exact) mass is 597 g/mol. The molecule has 15 heteroatoms. The Balaban J connectivity index is 1.20. The highest BCUT2D eigenvalue weighted by atomic mass is 35.5. The van der Waals surface area contributed by atoms with Gasteiger partial charge in [-0.3, -0.25) is 14.6 Å². The molecule has 2 aliphatic heterocycles. The number of hydrogen-bond acceptors (Lipinski definition) is 11. The smallest absolute Gasteiger partial charge is 0.253 e. The number of piperidine rings is 1. The summed E-state index contributed by atoms with van der Waals surface area (Å²) >= 11 is 5.89. The van der Waals surface area contributed by atoms with Crippen LogP contribution in [0.4, 0.5) is 11.6 Å². The molecule has 2 aromatic heterocycles. The van der Waals surface area contributed by atoms with Crippen LogP contribution in [0.5, 0.6) is 0 Å². The first-order chi connectivity index (χ1) is 19.6. The molecule has 1 spiro atoms. The van der Waals surface area contributed by atoms with Gasteiger partial charge >= 0.3 is 0 Å². The predicted molar refractivity (Wildman–Crippen MR) is 152 cm³/mol. The van der Waals surface area contributed by atoms with Gasteiger partial charge in [-0.15, -0.1) is 0 Å². The second kappa shape index (κ2) is 11.3. The van der Waals surface area contributed by atoms with Gasteiger partial charge in [-0.05, 0) is 42.7 Å². The lowest BCUT2D eigenvalue weighted by Crippen LogP contribution is -2.53. The molecule has 0 unspecified atom stereocenters. The fourth-order valence-electron chi connectivity index (χ4n) is 4.73. The SMILES string of the molecule is Nc1nc(N)c(C(=O)/C=C2\NCC3(CCN(C(=O)c4cccc(S(=O)(=O)NCc5cccnc5)c4)CC3)N2)nc1Cl. The number of halogens is 1. The van der Waals surface area contributed by atoms with Gasteiger partial charge in [0.05, 0.1) is 10.4 Å². The van der Waals surface area contributed by atoms with Crippen molar-refractivity contribution in [3.63, 3.8) is 0 Å². The normalized spacial score (nSPS) is 17.3. The maximum absolute atomic E-state index is 13.3. The van der Waals surface area contributed by atoms with E-state index in [-0.39, 0.29) is 50.9 Å². The first-order valence-electron chi connectivity index (χ1n) is 12.7. The third kappa shape index (κ3) is 6.24. The maximum atomic E-state index is 13.3. The Labute approximate surface area is 241 Å². The highest BCUT2D eigenvalue weighted by Crippen LogP contribution is 2.28. The van der Waals surface area contributed by atoms with Crippen LogP contribution in [0, 0.1) is 0 Å². The molecule has 41 heavy (non-hydrogen) atoms. The van der Waals surface area contributed by atoms with Gasteiger partial charge < -0.3 is 27.0 Å². The number of rotatable bonds is 7. The minimum absolute atomic E-state index is 0.00884. The highest BCUT2D eigenvalue weighted by Gasteiger charge is 2.40. The largest absolute Gasteiger partial charge is 0.382 e. The third-order valence-corrected chi connectivity index (χ3v) is 8.70. The number of carbonyl (C=O) groups excluding carboxylic acids is 2. The van der Waals surface area contributed by atoms with E-state index in [1.165, 1.54) is 18.2 Å². The zero-order valence-corrected chi connectivity index (χ0v) is 23.4. The Hall–Kier alpha value is -4.27. The molecule has 13 nitrogen and oxygen atoms in total. The van der Waals surface area contributed by atoms with Crippen LogP contribution in [0.3, 0.4) is 0 Å². The molecule has 4 heterocycles. The molecular formula is C26H28ClN9O4S. The number of nitrogens with zero attached hydrogens (tertiary/aromatic N) is 4. The molecule has 0 aliphatic carbocycles. The second-order valence-corrected chi connectivity index (χ2v) is 11.9. The number of aromatic nitrogens is 3. The number of nitrogens with one attached hydrogen (secondary N) is 3. The van der Waals surface area contributed by atoms with Gasteiger partial charge in [0.15, 0.2) is 22.5 Å². The predicted octanol–water partition coefficient (Wildman–Crippen LogP) is 1.06. The van der Waals surface area contributed by atoms with Crippen LogP contribution < -0.4 is 26.8 Å². The molecule has 1 amide bonds. The number of anilines is 2. The molecule has 0 radical (unpaired) electrons. The van der Waals surface area contributed by atoms with Crippen molar-refractivity contribution in [2.24, 2.45) is 0 Å². The number of likely N-dealkylation sites (tertiary alicyclic amines) is 1. The summed E-state index contributed by atoms with van der Waals surface area (Å²) in [4.78, 5) is 39.5. The van der Waals surface area contributed by atoms with Gasteiger partial charge in [0, 0.05) is 50.2 Å². The summed E-state index contributed by atoms with van der Waals surface area (Å²) in [6, 6.07) is 9.49. The van der Waals surface area contributed by atoms with E-state index in [1.54, 1.807) is 41.6 Å². The van der Waals surface area contributed by atoms with Crippen LogP contribution in [0.2, 0.25) is 5.15 Å². The second-order valence-electron chi connectivity index (χ2n) is 9.82. The van der Waals surface area contributed by atoms with E-state index < -0.39 is 15.8 Å². The standard InChI is InChI=1S/C26H28ClN9O4S/c27-22-24(29)34-23(28)21(33-22)19(37)12-20-31-15-26(35-20)6-9-36(10-7-26)25(38)17-4-1-5-18(11-17)41(39,40)32-14-16-3-2-8-30-13-16/h1-5,8,11-13,31-32,35H,6-7,9-10,14-15H2,(H4,28,29,34)/b20-12+. The Morgan fingerprint density at radius 2 is 1.90 bits per heavy atom. The Morgan fingerprint density at radius 1 is 1.12 bits per heavy atom. The van der Waals surface area contributed by atoms with Crippen molar-refractivity contribution in [2.75, 3.05) is 31.1 Å². The van der Waals surface area contributed by atoms with Gasteiger partial charge in [0.25, 0.3) is 5.91 Å². The van der Waals surface area contributed by atoms with E-state index in [4.69, 9.17) is 23.1 Å². The van der Waals surface area contributed by atoms with Gasteiger partial charge in [-0.1, -0.05) is 23.7 Å². The summed E-state index contributed by atoms with van der Waals surface area (Å²) in [7, 11) is -3.84. The Bertz CT molecular complexity index is 1630. The number of amides is 1. The van der Waals surface area contributed by atoms with Crippen molar-refractivity contribution < 1.29 is 18.0 Å². The van der Waals surface area contributed by atoms with E-state index in [0.717, 1.165) is 5.56 Å². The molecule has 2 saturated heterocycles. The van der Waals surface area contributed by atoms with E-state index in [9.17, 15) is 18.0 Å². The van der Waals surface area contributed by atoms with Gasteiger partial charge in [0.2, 0.25) is 15.8 Å². The first-order valence-corrected chi connectivity index (χ1v) is 14.6. The molecule has 5 rings (SSSR count). The average molecular weight is 598 g/mol. The van der Waals surface area contributed by atoms with Crippen LogP contribution in [-0.2, 0) is 16.6 Å². The number of pyridine rings is 1. The summed E-state index contributed by atoms with van der Waals surface area (Å²) in [5, 5.41) is 6.44. The van der Waals surface area contributed by atoms with Crippen molar-refractivity contribution in [3.8, 4) is 0 Å². The molecule has 3 aromatic rings. The fourth-order valence-corrected chi connectivity index (χ4v) is 5.92. The summed E-state index contributed by atoms with van der Waals surface area (Å²) in [5.74, 6) is -0.414. The topological polar surface area (TPSA) is 198 Å². The number of benzene rings is 1. The third-order valence-electron chi connectivity index (χ3n) is 7.02. The van der Waals surface area contributed by atoms with Gasteiger partial charge in [0.1, 0.15) is 5.82 Å². The minimum Gasteiger partial charge on any atom is -0.382 e. The summed E-state index contributed by atoms with van der Waals surface area (Å²) in [6.45, 7) is 1.52. The lowest BCUT2D eigenvalue weighted by atomic mass is 9.88. The fraction of sp³-hybridized carbons (Fsp3) is 0.269. The van der Waals surface area contributed by atoms with Crippen molar-refractivity contribution in [2.45, 2.75) is 29.8 Å². The summed E-state index contributed by atoms with van der Waals surface area (Å²) in [5.41, 5.74) is 11.9. The maximum Gasteiger partial charge on any atom is 0.253 e. The first kappa shape index (κ1) is 28.3. The minimum atomic E-state index is -3.84. The van der Waals surface area contributed by atoms with E-state index >= 15 is 0 Å². The summed E-state index contributed by atoms with van der Waals surface area (Å²) < 4.78 is 28.2.